The fourth-order valence-electron chi connectivity index (χ4n) is 2.13. The van der Waals surface area contributed by atoms with Crippen LogP contribution in [0.2, 0.25) is 0 Å². The van der Waals surface area contributed by atoms with Gasteiger partial charge in [-0.25, -0.2) is 0 Å². The molecule has 1 atom stereocenters. The van der Waals surface area contributed by atoms with E-state index in [4.69, 9.17) is 4.42 Å². The number of hydrogen-bond acceptors (Lipinski definition) is 3. The van der Waals surface area contributed by atoms with Gasteiger partial charge in [-0.3, -0.25) is 4.79 Å². The molecule has 0 saturated heterocycles. The molecule has 4 heteroatoms. The van der Waals surface area contributed by atoms with E-state index in [0.29, 0.717) is 19.4 Å². The summed E-state index contributed by atoms with van der Waals surface area (Å²) in [5.41, 5.74) is 2.87. The molecule has 4 nitrogen and oxygen atoms in total. The van der Waals surface area contributed by atoms with Gasteiger partial charge in [-0.15, -0.1) is 0 Å². The highest BCUT2D eigenvalue weighted by atomic mass is 16.3. The van der Waals surface area contributed by atoms with E-state index in [-0.39, 0.29) is 12.0 Å². The Labute approximate surface area is 119 Å². The number of fused-ring (bicyclic) bond motifs is 1. The third-order valence-electron chi connectivity index (χ3n) is 3.46. The van der Waals surface area contributed by atoms with Gasteiger partial charge in [0.2, 0.25) is 5.91 Å². The average molecular weight is 275 g/mol. The Morgan fingerprint density at radius 3 is 2.90 bits per heavy atom. The number of amides is 1. The summed E-state index contributed by atoms with van der Waals surface area (Å²) in [6, 6.07) is 5.98. The van der Waals surface area contributed by atoms with Crippen molar-refractivity contribution in [2.75, 3.05) is 13.6 Å². The molecule has 0 fully saturated rings. The summed E-state index contributed by atoms with van der Waals surface area (Å²) >= 11 is 0. The Balaban J connectivity index is 2.06. The number of aliphatic hydroxyl groups is 1. The summed E-state index contributed by atoms with van der Waals surface area (Å²) in [6.45, 7) is 4.30. The summed E-state index contributed by atoms with van der Waals surface area (Å²) < 4.78 is 5.50. The molecule has 20 heavy (non-hydrogen) atoms. The lowest BCUT2D eigenvalue weighted by atomic mass is 10.1. The van der Waals surface area contributed by atoms with E-state index >= 15 is 0 Å². The van der Waals surface area contributed by atoms with Crippen LogP contribution in [-0.4, -0.2) is 35.6 Å². The Bertz CT molecular complexity index is 601. The van der Waals surface area contributed by atoms with Crippen LogP contribution >= 0.6 is 0 Å². The lowest BCUT2D eigenvalue weighted by Gasteiger charge is -2.17. The topological polar surface area (TPSA) is 53.7 Å². The van der Waals surface area contributed by atoms with Crippen LogP contribution < -0.4 is 0 Å². The predicted octanol–water partition coefficient (Wildman–Crippen LogP) is 2.51. The highest BCUT2D eigenvalue weighted by molar-refractivity contribution is 5.87. The molecule has 1 unspecified atom stereocenters. The molecule has 1 aromatic heterocycles. The molecule has 2 rings (SSSR count). The van der Waals surface area contributed by atoms with Gasteiger partial charge in [-0.2, -0.15) is 0 Å². The van der Waals surface area contributed by atoms with Crippen LogP contribution in [0.25, 0.3) is 11.0 Å². The third kappa shape index (κ3) is 3.39. The molecule has 0 aliphatic carbocycles. The van der Waals surface area contributed by atoms with Crippen molar-refractivity contribution in [2.45, 2.75) is 32.8 Å². The first kappa shape index (κ1) is 14.6. The summed E-state index contributed by atoms with van der Waals surface area (Å²) in [6.07, 6.45) is 2.19. The second-order valence-electron chi connectivity index (χ2n) is 5.39. The first-order valence-corrected chi connectivity index (χ1v) is 6.86. The molecule has 2 aromatic rings. The first-order valence-electron chi connectivity index (χ1n) is 6.86. The van der Waals surface area contributed by atoms with Gasteiger partial charge in [0.25, 0.3) is 0 Å². The Kier molecular flexibility index (Phi) is 4.45. The number of aryl methyl sites for hydroxylation is 1. The maximum Gasteiger partial charge on any atom is 0.226 e. The molecule has 1 N–H and O–H groups in total. The molecule has 0 aliphatic heterocycles. The van der Waals surface area contributed by atoms with E-state index in [1.54, 1.807) is 25.1 Å². The first-order chi connectivity index (χ1) is 9.47. The van der Waals surface area contributed by atoms with Gasteiger partial charge in [0.1, 0.15) is 5.58 Å². The van der Waals surface area contributed by atoms with E-state index < -0.39 is 0 Å². The standard InChI is InChI=1S/C16H21NO3/c1-11-4-5-14-13(10-20-15(14)8-11)9-16(19)17(3)7-6-12(2)18/h4-5,8,10,12,18H,6-7,9H2,1-3H3. The molecule has 0 saturated carbocycles. The number of benzene rings is 1. The quantitative estimate of drug-likeness (QED) is 0.912. The van der Waals surface area contributed by atoms with Gasteiger partial charge in [0.15, 0.2) is 0 Å². The van der Waals surface area contributed by atoms with E-state index in [1.807, 2.05) is 25.1 Å². The van der Waals surface area contributed by atoms with Crippen LogP contribution in [0, 0.1) is 6.92 Å². The molecule has 0 radical (unpaired) electrons. The number of aliphatic hydroxyl groups excluding tert-OH is 1. The maximum atomic E-state index is 12.1. The van der Waals surface area contributed by atoms with Crippen molar-refractivity contribution >= 4 is 16.9 Å². The largest absolute Gasteiger partial charge is 0.464 e. The van der Waals surface area contributed by atoms with Crippen molar-refractivity contribution in [3.63, 3.8) is 0 Å². The van der Waals surface area contributed by atoms with Gasteiger partial charge in [-0.1, -0.05) is 12.1 Å². The fraction of sp³-hybridized carbons (Fsp3) is 0.438. The van der Waals surface area contributed by atoms with Gasteiger partial charge < -0.3 is 14.4 Å². The maximum absolute atomic E-state index is 12.1. The van der Waals surface area contributed by atoms with Crippen LogP contribution in [0.4, 0.5) is 0 Å². The van der Waals surface area contributed by atoms with Crippen molar-refractivity contribution < 1.29 is 14.3 Å². The Hall–Kier alpha value is -1.81. The minimum atomic E-state index is -0.386. The molecule has 1 aromatic carbocycles. The minimum Gasteiger partial charge on any atom is -0.464 e. The smallest absolute Gasteiger partial charge is 0.226 e. The molecule has 0 aliphatic rings. The highest BCUT2D eigenvalue weighted by Gasteiger charge is 2.14. The third-order valence-corrected chi connectivity index (χ3v) is 3.46. The zero-order chi connectivity index (χ0) is 14.7. The molecule has 0 bridgehead atoms. The van der Waals surface area contributed by atoms with Crippen LogP contribution in [-0.2, 0) is 11.2 Å². The minimum absolute atomic E-state index is 0.0360. The van der Waals surface area contributed by atoms with Crippen molar-refractivity contribution in [3.8, 4) is 0 Å². The lowest BCUT2D eigenvalue weighted by Crippen LogP contribution is -2.30. The van der Waals surface area contributed by atoms with Gasteiger partial charge in [0.05, 0.1) is 18.8 Å². The summed E-state index contributed by atoms with van der Waals surface area (Å²) in [7, 11) is 1.76. The SMILES string of the molecule is Cc1ccc2c(CC(=O)N(C)CCC(C)O)coc2c1. The average Bonchev–Trinajstić information content (AvgIpc) is 2.78. The zero-order valence-corrected chi connectivity index (χ0v) is 12.2. The summed E-state index contributed by atoms with van der Waals surface area (Å²) in [5.74, 6) is 0.0360. The number of hydrogen-bond donors (Lipinski definition) is 1. The Morgan fingerprint density at radius 1 is 1.45 bits per heavy atom. The molecule has 1 amide bonds. The van der Waals surface area contributed by atoms with E-state index in [2.05, 4.69) is 0 Å². The molecular weight excluding hydrogens is 254 g/mol. The zero-order valence-electron chi connectivity index (χ0n) is 12.2. The second kappa shape index (κ2) is 6.09. The van der Waals surface area contributed by atoms with Crippen LogP contribution in [0.1, 0.15) is 24.5 Å². The number of furan rings is 1. The number of carbonyl (C=O) groups is 1. The van der Waals surface area contributed by atoms with E-state index in [1.165, 1.54) is 0 Å². The van der Waals surface area contributed by atoms with Crippen molar-refractivity contribution in [2.24, 2.45) is 0 Å². The van der Waals surface area contributed by atoms with Crippen LogP contribution in [0.3, 0.4) is 0 Å². The normalized spacial score (nSPS) is 12.6. The molecular formula is C16H21NO3. The second-order valence-corrected chi connectivity index (χ2v) is 5.39. The monoisotopic (exact) mass is 275 g/mol. The highest BCUT2D eigenvalue weighted by Crippen LogP contribution is 2.23. The predicted molar refractivity (Wildman–Crippen MR) is 78.6 cm³/mol. The molecule has 1 heterocycles. The number of carbonyl (C=O) groups excluding carboxylic acids is 1. The molecule has 0 spiro atoms. The summed E-state index contributed by atoms with van der Waals surface area (Å²) in [4.78, 5) is 13.8. The van der Waals surface area contributed by atoms with Gasteiger partial charge >= 0.3 is 0 Å². The van der Waals surface area contributed by atoms with E-state index in [9.17, 15) is 9.90 Å². The van der Waals surface area contributed by atoms with Crippen molar-refractivity contribution in [1.29, 1.82) is 0 Å². The van der Waals surface area contributed by atoms with Crippen LogP contribution in [0.15, 0.2) is 28.9 Å². The van der Waals surface area contributed by atoms with Crippen molar-refractivity contribution in [1.82, 2.24) is 4.90 Å². The number of rotatable bonds is 5. The fourth-order valence-corrected chi connectivity index (χ4v) is 2.13. The van der Waals surface area contributed by atoms with Crippen molar-refractivity contribution in [3.05, 3.63) is 35.6 Å². The number of likely N-dealkylation sites (N-methyl/N-ethyl adjacent to an activating group) is 1. The van der Waals surface area contributed by atoms with Gasteiger partial charge in [0, 0.05) is 24.5 Å². The summed E-state index contributed by atoms with van der Waals surface area (Å²) in [5, 5.41) is 10.2. The Morgan fingerprint density at radius 2 is 2.20 bits per heavy atom. The van der Waals surface area contributed by atoms with Gasteiger partial charge in [-0.05, 0) is 31.9 Å². The van der Waals surface area contributed by atoms with Crippen LogP contribution in [0.5, 0.6) is 0 Å². The molecule has 108 valence electrons. The van der Waals surface area contributed by atoms with E-state index in [0.717, 1.165) is 22.1 Å². The lowest BCUT2D eigenvalue weighted by molar-refractivity contribution is -0.129. The number of nitrogens with zero attached hydrogens (tertiary/aromatic N) is 1.